The summed E-state index contributed by atoms with van der Waals surface area (Å²) in [7, 11) is 0. The van der Waals surface area contributed by atoms with Crippen molar-refractivity contribution in [2.45, 2.75) is 58.5 Å². The molecule has 0 spiro atoms. The number of carbonyl (C=O) groups is 3. The fraction of sp³-hybridized carbons (Fsp3) is 0.571. The van der Waals surface area contributed by atoms with Crippen LogP contribution in [0.1, 0.15) is 62.7 Å². The van der Waals surface area contributed by atoms with Crippen molar-refractivity contribution in [2.75, 3.05) is 13.2 Å². The molecule has 0 aromatic heterocycles. The summed E-state index contributed by atoms with van der Waals surface area (Å²) in [6.07, 6.45) is 3.33. The largest absolute Gasteiger partial charge is 0.490 e. The molecule has 154 valence electrons. The standard InChI is InChI=1S/C21H28FNO5/c1-3-27-21(26)15-6-8-16(9-7-15)28-17-10-11-18(19(22)13-17)20(25)5-4-12-23-14(2)24/h10-11,13,15-16H,3-9,12H2,1-2H3,(H,23,24). The summed E-state index contributed by atoms with van der Waals surface area (Å²) in [5, 5.41) is 2.60. The Labute approximate surface area is 164 Å². The molecule has 0 radical (unpaired) electrons. The van der Waals surface area contributed by atoms with Crippen molar-refractivity contribution in [2.24, 2.45) is 5.92 Å². The Morgan fingerprint density at radius 2 is 1.89 bits per heavy atom. The number of halogens is 1. The van der Waals surface area contributed by atoms with E-state index in [9.17, 15) is 18.8 Å². The van der Waals surface area contributed by atoms with Gasteiger partial charge in [0.1, 0.15) is 11.6 Å². The van der Waals surface area contributed by atoms with Crippen molar-refractivity contribution in [1.29, 1.82) is 0 Å². The molecule has 1 aromatic rings. The molecule has 1 fully saturated rings. The number of amides is 1. The molecular formula is C21H28FNO5. The summed E-state index contributed by atoms with van der Waals surface area (Å²) < 4.78 is 25.2. The lowest BCUT2D eigenvalue weighted by Crippen LogP contribution is -2.29. The summed E-state index contributed by atoms with van der Waals surface area (Å²) >= 11 is 0. The van der Waals surface area contributed by atoms with Crippen molar-refractivity contribution in [3.63, 3.8) is 0 Å². The van der Waals surface area contributed by atoms with E-state index in [0.29, 0.717) is 51.0 Å². The number of Topliss-reactive ketones (excluding diaryl/α,β-unsaturated/α-hetero) is 1. The Bertz CT molecular complexity index is 698. The molecule has 0 saturated heterocycles. The molecule has 1 aliphatic rings. The zero-order chi connectivity index (χ0) is 20.5. The lowest BCUT2D eigenvalue weighted by atomic mass is 9.87. The van der Waals surface area contributed by atoms with Crippen LogP contribution in [0.3, 0.4) is 0 Å². The second-order valence-corrected chi connectivity index (χ2v) is 6.99. The molecule has 6 nitrogen and oxygen atoms in total. The highest BCUT2D eigenvalue weighted by atomic mass is 19.1. The van der Waals surface area contributed by atoms with E-state index in [1.165, 1.54) is 19.1 Å². The monoisotopic (exact) mass is 393 g/mol. The number of ether oxygens (including phenoxy) is 2. The van der Waals surface area contributed by atoms with Crippen molar-refractivity contribution in [1.82, 2.24) is 5.32 Å². The number of nitrogens with one attached hydrogen (secondary N) is 1. The van der Waals surface area contributed by atoms with Crippen molar-refractivity contribution in [3.05, 3.63) is 29.6 Å². The van der Waals surface area contributed by atoms with Crippen molar-refractivity contribution in [3.8, 4) is 5.75 Å². The van der Waals surface area contributed by atoms with Gasteiger partial charge in [0, 0.05) is 26.0 Å². The number of hydrogen-bond donors (Lipinski definition) is 1. The maximum Gasteiger partial charge on any atom is 0.308 e. The minimum absolute atomic E-state index is 0.0289. The smallest absolute Gasteiger partial charge is 0.308 e. The quantitative estimate of drug-likeness (QED) is 0.395. The van der Waals surface area contributed by atoms with Gasteiger partial charge in [0.05, 0.1) is 24.2 Å². The van der Waals surface area contributed by atoms with E-state index < -0.39 is 5.82 Å². The van der Waals surface area contributed by atoms with Crippen LogP contribution in [0.15, 0.2) is 18.2 Å². The Balaban J connectivity index is 1.83. The number of ketones is 1. The summed E-state index contributed by atoms with van der Waals surface area (Å²) in [6, 6.07) is 4.27. The molecule has 0 atom stereocenters. The SMILES string of the molecule is CCOC(=O)C1CCC(Oc2ccc(C(=O)CCCNC(C)=O)c(F)c2)CC1. The van der Waals surface area contributed by atoms with Crippen LogP contribution in [-0.4, -0.2) is 36.9 Å². The summed E-state index contributed by atoms with van der Waals surface area (Å²) in [5.74, 6) is -0.933. The third kappa shape index (κ3) is 6.62. The van der Waals surface area contributed by atoms with Gasteiger partial charge in [-0.25, -0.2) is 4.39 Å². The van der Waals surface area contributed by atoms with Crippen LogP contribution in [0.5, 0.6) is 5.75 Å². The maximum atomic E-state index is 14.3. The van der Waals surface area contributed by atoms with E-state index in [2.05, 4.69) is 5.32 Å². The van der Waals surface area contributed by atoms with Crippen LogP contribution in [0.2, 0.25) is 0 Å². The fourth-order valence-electron chi connectivity index (χ4n) is 3.31. The van der Waals surface area contributed by atoms with Gasteiger partial charge >= 0.3 is 5.97 Å². The molecular weight excluding hydrogens is 365 g/mol. The molecule has 0 bridgehead atoms. The van der Waals surface area contributed by atoms with Crippen LogP contribution < -0.4 is 10.1 Å². The second kappa shape index (κ2) is 10.8. The minimum Gasteiger partial charge on any atom is -0.490 e. The maximum absolute atomic E-state index is 14.3. The number of carbonyl (C=O) groups excluding carboxylic acids is 3. The van der Waals surface area contributed by atoms with E-state index in [1.54, 1.807) is 13.0 Å². The highest BCUT2D eigenvalue weighted by molar-refractivity contribution is 5.96. The molecule has 28 heavy (non-hydrogen) atoms. The molecule has 1 N–H and O–H groups in total. The summed E-state index contributed by atoms with van der Waals surface area (Å²) in [5.41, 5.74) is 0.0289. The first kappa shape index (κ1) is 21.9. The number of hydrogen-bond acceptors (Lipinski definition) is 5. The number of esters is 1. The van der Waals surface area contributed by atoms with Gasteiger partial charge in [-0.1, -0.05) is 0 Å². The lowest BCUT2D eigenvalue weighted by Gasteiger charge is -2.27. The highest BCUT2D eigenvalue weighted by Crippen LogP contribution is 2.29. The number of benzene rings is 1. The van der Waals surface area contributed by atoms with Crippen LogP contribution >= 0.6 is 0 Å². The van der Waals surface area contributed by atoms with Crippen LogP contribution in [-0.2, 0) is 14.3 Å². The van der Waals surface area contributed by atoms with Crippen LogP contribution in [0.25, 0.3) is 0 Å². The minimum atomic E-state index is -0.609. The van der Waals surface area contributed by atoms with Gasteiger partial charge in [0.25, 0.3) is 0 Å². The van der Waals surface area contributed by atoms with Crippen molar-refractivity contribution >= 4 is 17.7 Å². The molecule has 7 heteroatoms. The Morgan fingerprint density at radius 1 is 1.18 bits per heavy atom. The van der Waals surface area contributed by atoms with Gasteiger partial charge in [-0.05, 0) is 51.2 Å². The zero-order valence-corrected chi connectivity index (χ0v) is 16.5. The van der Waals surface area contributed by atoms with Gasteiger partial charge in [-0.3, -0.25) is 14.4 Å². The first-order chi connectivity index (χ1) is 13.4. The Hall–Kier alpha value is -2.44. The fourth-order valence-corrected chi connectivity index (χ4v) is 3.31. The molecule has 0 aliphatic heterocycles. The highest BCUT2D eigenvalue weighted by Gasteiger charge is 2.28. The third-order valence-electron chi connectivity index (χ3n) is 4.79. The molecule has 2 rings (SSSR count). The predicted octanol–water partition coefficient (Wildman–Crippen LogP) is 3.43. The van der Waals surface area contributed by atoms with E-state index in [1.807, 2.05) is 0 Å². The second-order valence-electron chi connectivity index (χ2n) is 6.99. The number of rotatable bonds is 9. The third-order valence-corrected chi connectivity index (χ3v) is 4.79. The van der Waals surface area contributed by atoms with Gasteiger partial charge in [0.2, 0.25) is 5.91 Å². The average Bonchev–Trinajstić information content (AvgIpc) is 2.66. The van der Waals surface area contributed by atoms with Crippen molar-refractivity contribution < 1.29 is 28.2 Å². The zero-order valence-electron chi connectivity index (χ0n) is 16.5. The van der Waals surface area contributed by atoms with Gasteiger partial charge in [0.15, 0.2) is 5.78 Å². The predicted molar refractivity (Wildman–Crippen MR) is 102 cm³/mol. The Kier molecular flexibility index (Phi) is 8.42. The summed E-state index contributed by atoms with van der Waals surface area (Å²) in [4.78, 5) is 34.7. The lowest BCUT2D eigenvalue weighted by molar-refractivity contribution is -0.149. The first-order valence-electron chi connectivity index (χ1n) is 9.81. The first-order valence-corrected chi connectivity index (χ1v) is 9.81. The van der Waals surface area contributed by atoms with E-state index >= 15 is 0 Å². The molecule has 1 amide bonds. The van der Waals surface area contributed by atoms with E-state index in [4.69, 9.17) is 9.47 Å². The van der Waals surface area contributed by atoms with Gasteiger partial charge < -0.3 is 14.8 Å². The molecule has 0 unspecified atom stereocenters. The van der Waals surface area contributed by atoms with Crippen LogP contribution in [0, 0.1) is 11.7 Å². The summed E-state index contributed by atoms with van der Waals surface area (Å²) in [6.45, 7) is 3.97. The van der Waals surface area contributed by atoms with Gasteiger partial charge in [-0.15, -0.1) is 0 Å². The normalized spacial score (nSPS) is 19.0. The topological polar surface area (TPSA) is 81.7 Å². The Morgan fingerprint density at radius 3 is 2.50 bits per heavy atom. The molecule has 1 saturated carbocycles. The van der Waals surface area contributed by atoms with Crippen LogP contribution in [0.4, 0.5) is 4.39 Å². The van der Waals surface area contributed by atoms with E-state index in [0.717, 1.165) is 0 Å². The average molecular weight is 393 g/mol. The molecule has 1 aliphatic carbocycles. The van der Waals surface area contributed by atoms with E-state index in [-0.39, 0.29) is 41.7 Å². The molecule has 0 heterocycles. The van der Waals surface area contributed by atoms with Gasteiger partial charge in [-0.2, -0.15) is 0 Å². The molecule has 1 aromatic carbocycles.